The Morgan fingerprint density at radius 2 is 0.861 bits per heavy atom. The highest BCUT2D eigenvalue weighted by molar-refractivity contribution is 6.84. The Labute approximate surface area is 227 Å². The highest BCUT2D eigenvalue weighted by atomic mass is 28.4. The molecule has 0 bridgehead atoms. The summed E-state index contributed by atoms with van der Waals surface area (Å²) in [6.45, 7) is 34.6. The van der Waals surface area contributed by atoms with Crippen LogP contribution in [0.3, 0.4) is 0 Å². The largest absolute Gasteiger partial charge is 0.543 e. The second-order valence-corrected chi connectivity index (χ2v) is 28.8. The van der Waals surface area contributed by atoms with Gasteiger partial charge in [0.15, 0.2) is 0 Å². The minimum atomic E-state index is -2.12. The summed E-state index contributed by atoms with van der Waals surface area (Å²) >= 11 is 0. The van der Waals surface area contributed by atoms with Gasteiger partial charge in [0.05, 0.1) is 0 Å². The lowest BCUT2D eigenvalue weighted by Gasteiger charge is -2.43. The van der Waals surface area contributed by atoms with Crippen molar-refractivity contribution < 1.29 is 8.85 Å². The Morgan fingerprint density at radius 3 is 1.14 bits per heavy atom. The number of hydrogen-bond acceptors (Lipinski definition) is 2. The molecule has 0 N–H and O–H groups in total. The molecular formula is C31H54O2Si3. The number of benzene rings is 1. The van der Waals surface area contributed by atoms with Crippen molar-refractivity contribution in [1.29, 1.82) is 0 Å². The summed E-state index contributed by atoms with van der Waals surface area (Å²) in [5, 5.41) is 0. The zero-order valence-corrected chi connectivity index (χ0v) is 29.0. The quantitative estimate of drug-likeness (QED) is 0.216. The van der Waals surface area contributed by atoms with Crippen LogP contribution in [-0.2, 0) is 0 Å². The topological polar surface area (TPSA) is 18.5 Å². The van der Waals surface area contributed by atoms with Crippen molar-refractivity contribution in [3.63, 3.8) is 0 Å². The molecule has 202 valence electrons. The highest BCUT2D eigenvalue weighted by Crippen LogP contribution is 2.45. The van der Waals surface area contributed by atoms with Crippen molar-refractivity contribution in [2.75, 3.05) is 0 Å². The lowest BCUT2D eigenvalue weighted by Crippen LogP contribution is -2.51. The molecule has 0 aliphatic rings. The zero-order chi connectivity index (χ0) is 28.1. The molecule has 0 unspecified atom stereocenters. The van der Waals surface area contributed by atoms with Crippen LogP contribution in [0.15, 0.2) is 18.2 Å². The molecule has 2 nitrogen and oxygen atoms in total. The van der Waals surface area contributed by atoms with Crippen LogP contribution in [0.4, 0.5) is 0 Å². The molecular weight excluding hydrogens is 489 g/mol. The minimum Gasteiger partial charge on any atom is -0.543 e. The molecule has 0 aromatic heterocycles. The van der Waals surface area contributed by atoms with Crippen LogP contribution in [0.1, 0.15) is 88.6 Å². The monoisotopic (exact) mass is 542 g/mol. The van der Waals surface area contributed by atoms with E-state index >= 15 is 0 Å². The maximum Gasteiger partial charge on any atom is 0.258 e. The molecule has 0 spiro atoms. The van der Waals surface area contributed by atoms with Crippen LogP contribution in [0, 0.1) is 23.3 Å². The third-order valence-corrected chi connectivity index (χ3v) is 20.5. The number of rotatable bonds is 10. The van der Waals surface area contributed by atoms with Crippen LogP contribution in [0.5, 0.6) is 11.5 Å². The molecule has 0 amide bonds. The van der Waals surface area contributed by atoms with Gasteiger partial charge in [-0.15, -0.1) is 5.54 Å². The van der Waals surface area contributed by atoms with E-state index in [1.807, 2.05) is 0 Å². The van der Waals surface area contributed by atoms with Crippen LogP contribution in [0.25, 0.3) is 0 Å². The fourth-order valence-electron chi connectivity index (χ4n) is 6.20. The summed E-state index contributed by atoms with van der Waals surface area (Å²) in [7, 11) is -5.69. The average molecular weight is 543 g/mol. The summed E-state index contributed by atoms with van der Waals surface area (Å²) in [4.78, 5) is 0. The predicted molar refractivity (Wildman–Crippen MR) is 168 cm³/mol. The fourth-order valence-corrected chi connectivity index (χ4v) is 17.1. The van der Waals surface area contributed by atoms with Crippen molar-refractivity contribution >= 4 is 24.7 Å². The van der Waals surface area contributed by atoms with Crippen LogP contribution < -0.4 is 8.85 Å². The number of hydrogen-bond donors (Lipinski definition) is 0. The molecule has 5 heteroatoms. The van der Waals surface area contributed by atoms with Gasteiger partial charge in [0.2, 0.25) is 0 Å². The van der Waals surface area contributed by atoms with Crippen LogP contribution in [0.2, 0.25) is 52.9 Å². The summed E-state index contributed by atoms with van der Waals surface area (Å²) in [5.74, 6) is 11.3. The second kappa shape index (κ2) is 12.9. The van der Waals surface area contributed by atoms with Gasteiger partial charge in [0.25, 0.3) is 16.6 Å². The first-order valence-electron chi connectivity index (χ1n) is 14.0. The molecule has 0 aliphatic heterocycles. The third kappa shape index (κ3) is 7.80. The van der Waals surface area contributed by atoms with Gasteiger partial charge in [-0.05, 0) is 57.2 Å². The van der Waals surface area contributed by atoms with Crippen molar-refractivity contribution in [2.45, 2.75) is 136 Å². The van der Waals surface area contributed by atoms with Gasteiger partial charge in [0.1, 0.15) is 19.6 Å². The molecule has 1 aromatic rings. The van der Waals surface area contributed by atoms with Gasteiger partial charge in [-0.2, -0.15) is 0 Å². The zero-order valence-electron chi connectivity index (χ0n) is 26.0. The van der Waals surface area contributed by atoms with E-state index in [9.17, 15) is 0 Å². The van der Waals surface area contributed by atoms with Gasteiger partial charge in [-0.3, -0.25) is 0 Å². The SMILES string of the molecule is CC(C)[Si](Oc1cc(C#CC#C[Si](C)(C)C)cc(O[Si](C(C)C)(C(C)C)C(C)C)c1)(C(C)C)C(C)C. The predicted octanol–water partition coefficient (Wildman–Crippen LogP) is 10.0. The van der Waals surface area contributed by atoms with E-state index in [0.717, 1.165) is 17.1 Å². The lowest BCUT2D eigenvalue weighted by molar-refractivity contribution is 0.461. The summed E-state index contributed by atoms with van der Waals surface area (Å²) < 4.78 is 14.2. The van der Waals surface area contributed by atoms with Gasteiger partial charge in [0, 0.05) is 11.6 Å². The Balaban J connectivity index is 3.76. The van der Waals surface area contributed by atoms with Crippen molar-refractivity contribution in [3.05, 3.63) is 23.8 Å². The van der Waals surface area contributed by atoms with E-state index in [4.69, 9.17) is 8.85 Å². The molecule has 0 fully saturated rings. The Morgan fingerprint density at radius 1 is 0.528 bits per heavy atom. The van der Waals surface area contributed by atoms with Gasteiger partial charge in [-0.1, -0.05) is 109 Å². The van der Waals surface area contributed by atoms with E-state index in [1.165, 1.54) is 0 Å². The molecule has 36 heavy (non-hydrogen) atoms. The fraction of sp³-hybridized carbons (Fsp3) is 0.677. The molecule has 0 saturated carbocycles. The first kappa shape index (κ1) is 32.6. The maximum atomic E-state index is 7.10. The van der Waals surface area contributed by atoms with E-state index in [1.54, 1.807) is 0 Å². The molecule has 0 aliphatic carbocycles. The molecule has 0 radical (unpaired) electrons. The van der Waals surface area contributed by atoms with Gasteiger partial charge >= 0.3 is 0 Å². The van der Waals surface area contributed by atoms with Gasteiger partial charge in [-0.25, -0.2) is 0 Å². The summed E-state index contributed by atoms with van der Waals surface area (Å²) in [6.07, 6.45) is 0. The van der Waals surface area contributed by atoms with E-state index < -0.39 is 24.7 Å². The Bertz CT molecular complexity index is 881. The standard InChI is InChI=1S/C31H54O2Si3/c1-23(2)35(24(3)4,25(5)6)32-30-20-29(18-16-17-19-34(13,14)15)21-31(22-30)33-36(26(7)8,27(9)10)28(11)12/h20-28H,1-15H3. The first-order chi connectivity index (χ1) is 16.4. The molecule has 0 atom stereocenters. The van der Waals surface area contributed by atoms with Gasteiger partial charge < -0.3 is 8.85 Å². The van der Waals surface area contributed by atoms with E-state index in [0.29, 0.717) is 33.2 Å². The Kier molecular flexibility index (Phi) is 11.7. The smallest absolute Gasteiger partial charge is 0.258 e. The van der Waals surface area contributed by atoms with E-state index in [-0.39, 0.29) is 0 Å². The molecule has 0 saturated heterocycles. The maximum absolute atomic E-state index is 7.10. The van der Waals surface area contributed by atoms with Crippen molar-refractivity contribution in [3.8, 4) is 34.8 Å². The first-order valence-corrected chi connectivity index (χ1v) is 21.7. The molecule has 1 aromatic carbocycles. The van der Waals surface area contributed by atoms with Crippen LogP contribution >= 0.6 is 0 Å². The summed E-state index contributed by atoms with van der Waals surface area (Å²) in [5.41, 5.74) is 7.25. The normalized spacial score (nSPS) is 12.8. The Hall–Kier alpha value is -1.41. The van der Waals surface area contributed by atoms with E-state index in [2.05, 4.69) is 144 Å². The molecule has 0 heterocycles. The van der Waals surface area contributed by atoms with Crippen LogP contribution in [-0.4, -0.2) is 24.7 Å². The third-order valence-electron chi connectivity index (χ3n) is 7.59. The summed E-state index contributed by atoms with van der Waals surface area (Å²) in [6, 6.07) is 6.35. The van der Waals surface area contributed by atoms with Crippen molar-refractivity contribution in [2.24, 2.45) is 0 Å². The molecule has 1 rings (SSSR count). The average Bonchev–Trinajstić information content (AvgIpc) is 2.71. The second-order valence-electron chi connectivity index (χ2n) is 13.3. The van der Waals surface area contributed by atoms with Crippen molar-refractivity contribution in [1.82, 2.24) is 0 Å². The minimum absolute atomic E-state index is 0.495. The highest BCUT2D eigenvalue weighted by Gasteiger charge is 2.48. The lowest BCUT2D eigenvalue weighted by atomic mass is 10.2.